The maximum atomic E-state index is 12.8. The normalized spacial score (nSPS) is 15.0. The van der Waals surface area contributed by atoms with Gasteiger partial charge in [-0.05, 0) is 30.5 Å². The molecule has 1 aliphatic carbocycles. The van der Waals surface area contributed by atoms with Gasteiger partial charge in [0.1, 0.15) is 18.2 Å². The van der Waals surface area contributed by atoms with Crippen LogP contribution in [0.3, 0.4) is 0 Å². The molecule has 1 saturated carbocycles. The van der Waals surface area contributed by atoms with Crippen molar-refractivity contribution in [2.45, 2.75) is 31.9 Å². The predicted molar refractivity (Wildman–Crippen MR) is 63.4 cm³/mol. The van der Waals surface area contributed by atoms with Crippen molar-refractivity contribution in [3.8, 4) is 0 Å². The maximum Gasteiger partial charge on any atom is 0.159 e. The Hall–Kier alpha value is -1.75. The first-order valence-corrected chi connectivity index (χ1v) is 6.06. The molecule has 0 radical (unpaired) electrons. The molecule has 3 rings (SSSR count). The molecule has 1 aliphatic rings. The van der Waals surface area contributed by atoms with Gasteiger partial charge in [0.05, 0.1) is 0 Å². The molecule has 4 nitrogen and oxygen atoms in total. The number of halogens is 1. The van der Waals surface area contributed by atoms with Gasteiger partial charge < -0.3 is 9.67 Å². The van der Waals surface area contributed by atoms with E-state index in [2.05, 4.69) is 10.2 Å². The fourth-order valence-electron chi connectivity index (χ4n) is 2.13. The van der Waals surface area contributed by atoms with Crippen LogP contribution in [0.2, 0.25) is 0 Å². The Morgan fingerprint density at radius 3 is 2.44 bits per heavy atom. The lowest BCUT2D eigenvalue weighted by Crippen LogP contribution is -2.06. The van der Waals surface area contributed by atoms with Crippen molar-refractivity contribution in [1.82, 2.24) is 14.8 Å². The van der Waals surface area contributed by atoms with Crippen LogP contribution in [-0.2, 0) is 13.0 Å². The SMILES string of the molecule is OCc1nnc(Cc2ccc(F)cc2)n1C1CC1. The van der Waals surface area contributed by atoms with E-state index >= 15 is 0 Å². The third-order valence-electron chi connectivity index (χ3n) is 3.17. The van der Waals surface area contributed by atoms with E-state index in [1.54, 1.807) is 12.1 Å². The lowest BCUT2D eigenvalue weighted by Gasteiger charge is -2.07. The Morgan fingerprint density at radius 2 is 1.83 bits per heavy atom. The Balaban J connectivity index is 1.88. The zero-order valence-electron chi connectivity index (χ0n) is 9.88. The molecule has 0 aliphatic heterocycles. The van der Waals surface area contributed by atoms with Crippen LogP contribution in [0, 0.1) is 5.82 Å². The highest BCUT2D eigenvalue weighted by molar-refractivity contribution is 5.20. The second-order valence-electron chi connectivity index (χ2n) is 4.59. The van der Waals surface area contributed by atoms with Crippen LogP contribution < -0.4 is 0 Å². The number of aliphatic hydroxyl groups is 1. The average Bonchev–Trinajstić information content (AvgIpc) is 3.14. The summed E-state index contributed by atoms with van der Waals surface area (Å²) in [5, 5.41) is 17.4. The molecule has 1 aromatic heterocycles. The van der Waals surface area contributed by atoms with Gasteiger partial charge in [-0.3, -0.25) is 0 Å². The summed E-state index contributed by atoms with van der Waals surface area (Å²) in [6.07, 6.45) is 2.84. The van der Waals surface area contributed by atoms with Crippen LogP contribution in [0.5, 0.6) is 0 Å². The number of rotatable bonds is 4. The second kappa shape index (κ2) is 4.49. The van der Waals surface area contributed by atoms with E-state index in [0.29, 0.717) is 18.3 Å². The zero-order chi connectivity index (χ0) is 12.5. The van der Waals surface area contributed by atoms with Crippen molar-refractivity contribution in [2.24, 2.45) is 0 Å². The van der Waals surface area contributed by atoms with Gasteiger partial charge in [-0.2, -0.15) is 0 Å². The molecule has 0 saturated heterocycles. The quantitative estimate of drug-likeness (QED) is 0.896. The summed E-state index contributed by atoms with van der Waals surface area (Å²) in [5.74, 6) is 1.22. The van der Waals surface area contributed by atoms with Crippen LogP contribution in [0.25, 0.3) is 0 Å². The van der Waals surface area contributed by atoms with Gasteiger partial charge in [0, 0.05) is 12.5 Å². The van der Waals surface area contributed by atoms with Gasteiger partial charge in [0.25, 0.3) is 0 Å². The van der Waals surface area contributed by atoms with Crippen molar-refractivity contribution in [3.63, 3.8) is 0 Å². The van der Waals surface area contributed by atoms with Crippen molar-refractivity contribution in [3.05, 3.63) is 47.3 Å². The van der Waals surface area contributed by atoms with E-state index in [1.165, 1.54) is 12.1 Å². The summed E-state index contributed by atoms with van der Waals surface area (Å²) in [6, 6.07) is 6.82. The number of aliphatic hydroxyl groups excluding tert-OH is 1. The summed E-state index contributed by atoms with van der Waals surface area (Å²) in [5.41, 5.74) is 0.996. The molecule has 2 aromatic rings. The fourth-order valence-corrected chi connectivity index (χ4v) is 2.13. The summed E-state index contributed by atoms with van der Waals surface area (Å²) in [4.78, 5) is 0. The van der Waals surface area contributed by atoms with Gasteiger partial charge >= 0.3 is 0 Å². The minimum atomic E-state index is -0.238. The highest BCUT2D eigenvalue weighted by atomic mass is 19.1. The van der Waals surface area contributed by atoms with Crippen molar-refractivity contribution >= 4 is 0 Å². The smallest absolute Gasteiger partial charge is 0.159 e. The Bertz CT molecular complexity index is 546. The topological polar surface area (TPSA) is 50.9 Å². The molecule has 0 bridgehead atoms. The molecule has 0 amide bonds. The lowest BCUT2D eigenvalue weighted by atomic mass is 10.1. The third kappa shape index (κ3) is 2.13. The fraction of sp³-hybridized carbons (Fsp3) is 0.385. The van der Waals surface area contributed by atoms with Crippen LogP contribution >= 0.6 is 0 Å². The van der Waals surface area contributed by atoms with Gasteiger partial charge in [-0.25, -0.2) is 4.39 Å². The lowest BCUT2D eigenvalue weighted by molar-refractivity contribution is 0.264. The van der Waals surface area contributed by atoms with Gasteiger partial charge in [-0.15, -0.1) is 10.2 Å². The number of nitrogens with zero attached hydrogens (tertiary/aromatic N) is 3. The Labute approximate surface area is 104 Å². The molecule has 0 unspecified atom stereocenters. The third-order valence-corrected chi connectivity index (χ3v) is 3.17. The van der Waals surface area contributed by atoms with Crippen LogP contribution in [0.4, 0.5) is 4.39 Å². The Kier molecular flexibility index (Phi) is 2.83. The van der Waals surface area contributed by atoms with Crippen molar-refractivity contribution in [2.75, 3.05) is 0 Å². The first kappa shape index (κ1) is 11.3. The molecular formula is C13H14FN3O. The molecular weight excluding hydrogens is 233 g/mol. The van der Waals surface area contributed by atoms with Crippen molar-refractivity contribution < 1.29 is 9.50 Å². The van der Waals surface area contributed by atoms with E-state index in [4.69, 9.17) is 0 Å². The molecule has 18 heavy (non-hydrogen) atoms. The van der Waals surface area contributed by atoms with Crippen LogP contribution in [-0.4, -0.2) is 19.9 Å². The summed E-state index contributed by atoms with van der Waals surface area (Å²) in [7, 11) is 0. The monoisotopic (exact) mass is 247 g/mol. The van der Waals surface area contributed by atoms with E-state index in [0.717, 1.165) is 24.2 Å². The predicted octanol–water partition coefficient (Wildman–Crippen LogP) is 1.84. The molecule has 5 heteroatoms. The van der Waals surface area contributed by atoms with E-state index in [1.807, 2.05) is 4.57 Å². The minimum absolute atomic E-state index is 0.0904. The van der Waals surface area contributed by atoms with E-state index < -0.39 is 0 Å². The molecule has 1 aromatic carbocycles. The molecule has 0 spiro atoms. The minimum Gasteiger partial charge on any atom is -0.388 e. The summed E-state index contributed by atoms with van der Waals surface area (Å²) >= 11 is 0. The van der Waals surface area contributed by atoms with E-state index in [9.17, 15) is 9.50 Å². The number of aromatic nitrogens is 3. The van der Waals surface area contributed by atoms with Crippen molar-refractivity contribution in [1.29, 1.82) is 0 Å². The second-order valence-corrected chi connectivity index (χ2v) is 4.59. The maximum absolute atomic E-state index is 12.8. The standard InChI is InChI=1S/C13H14FN3O/c14-10-3-1-9(2-4-10)7-12-15-16-13(8-18)17(12)11-5-6-11/h1-4,11,18H,5-8H2. The largest absolute Gasteiger partial charge is 0.388 e. The number of benzene rings is 1. The summed E-state index contributed by atoms with van der Waals surface area (Å²) < 4.78 is 14.9. The Morgan fingerprint density at radius 1 is 1.17 bits per heavy atom. The molecule has 0 atom stereocenters. The highest BCUT2D eigenvalue weighted by Crippen LogP contribution is 2.36. The van der Waals surface area contributed by atoms with Gasteiger partial charge in [-0.1, -0.05) is 12.1 Å². The molecule has 94 valence electrons. The number of hydrogen-bond donors (Lipinski definition) is 1. The first-order valence-electron chi connectivity index (χ1n) is 6.06. The molecule has 1 fully saturated rings. The van der Waals surface area contributed by atoms with Gasteiger partial charge in [0.15, 0.2) is 5.82 Å². The first-order chi connectivity index (χ1) is 8.78. The number of hydrogen-bond acceptors (Lipinski definition) is 3. The molecule has 1 heterocycles. The van der Waals surface area contributed by atoms with E-state index in [-0.39, 0.29) is 12.4 Å². The molecule has 1 N–H and O–H groups in total. The average molecular weight is 247 g/mol. The van der Waals surface area contributed by atoms with Crippen LogP contribution in [0.15, 0.2) is 24.3 Å². The van der Waals surface area contributed by atoms with Crippen LogP contribution in [0.1, 0.15) is 36.1 Å². The zero-order valence-corrected chi connectivity index (χ0v) is 9.88. The van der Waals surface area contributed by atoms with Gasteiger partial charge in [0.2, 0.25) is 0 Å². The highest BCUT2D eigenvalue weighted by Gasteiger charge is 2.28. The summed E-state index contributed by atoms with van der Waals surface area (Å²) in [6.45, 7) is -0.0904.